The predicted molar refractivity (Wildman–Crippen MR) is 151 cm³/mol. The molecule has 8 nitrogen and oxygen atoms in total. The summed E-state index contributed by atoms with van der Waals surface area (Å²) in [6.07, 6.45) is 0. The minimum Gasteiger partial charge on any atom is -0.507 e. The minimum atomic E-state index is -0.967. The normalized spacial score (nSPS) is 16.4. The van der Waals surface area contributed by atoms with Crippen molar-refractivity contribution < 1.29 is 28.6 Å². The number of aromatic nitrogens is 2. The third-order valence-electron chi connectivity index (χ3n) is 6.17. The summed E-state index contributed by atoms with van der Waals surface area (Å²) in [5, 5.41) is 20.0. The second-order valence-corrected chi connectivity index (χ2v) is 10.8. The Labute approximate surface area is 238 Å². The Kier molecular flexibility index (Phi) is 8.13. The zero-order valence-electron chi connectivity index (χ0n) is 21.5. The van der Waals surface area contributed by atoms with Gasteiger partial charge in [-0.3, -0.25) is 14.5 Å². The van der Waals surface area contributed by atoms with Gasteiger partial charge in [-0.15, -0.1) is 10.2 Å². The lowest BCUT2D eigenvalue weighted by Crippen LogP contribution is -2.29. The first kappa shape index (κ1) is 27.4. The van der Waals surface area contributed by atoms with Crippen LogP contribution in [0.4, 0.5) is 9.52 Å². The summed E-state index contributed by atoms with van der Waals surface area (Å²) >= 11 is 2.53. The Morgan fingerprint density at radius 2 is 1.80 bits per heavy atom. The molecule has 0 spiro atoms. The Bertz CT molecular complexity index is 1570. The zero-order valence-corrected chi connectivity index (χ0v) is 23.2. The number of thioether (sulfide) groups is 1. The fourth-order valence-electron chi connectivity index (χ4n) is 4.27. The molecule has 1 atom stereocenters. The molecule has 0 saturated carbocycles. The number of aliphatic hydroxyl groups is 1. The van der Waals surface area contributed by atoms with Crippen molar-refractivity contribution in [2.75, 3.05) is 18.6 Å². The largest absolute Gasteiger partial charge is 0.507 e. The number of carbonyl (C=O) groups is 2. The molecular weight excluding hydrogens is 553 g/mol. The Balaban J connectivity index is 1.54. The quantitative estimate of drug-likeness (QED) is 0.0850. The first-order chi connectivity index (χ1) is 19.4. The number of halogens is 1. The van der Waals surface area contributed by atoms with Gasteiger partial charge < -0.3 is 14.6 Å². The number of ketones is 1. The van der Waals surface area contributed by atoms with E-state index in [4.69, 9.17) is 9.47 Å². The highest BCUT2D eigenvalue weighted by Gasteiger charge is 2.48. The number of aliphatic hydroxyl groups excluding tert-OH is 1. The molecule has 3 aromatic carbocycles. The Hall–Kier alpha value is -4.22. The molecule has 1 aliphatic heterocycles. The van der Waals surface area contributed by atoms with Crippen LogP contribution in [0.3, 0.4) is 0 Å². The van der Waals surface area contributed by atoms with Crippen molar-refractivity contribution in [2.24, 2.45) is 0 Å². The number of nitrogens with zero attached hydrogens (tertiary/aromatic N) is 3. The van der Waals surface area contributed by atoms with E-state index < -0.39 is 17.7 Å². The smallest absolute Gasteiger partial charge is 0.301 e. The van der Waals surface area contributed by atoms with E-state index in [0.29, 0.717) is 39.3 Å². The van der Waals surface area contributed by atoms with Gasteiger partial charge in [0.25, 0.3) is 5.78 Å². The van der Waals surface area contributed by atoms with E-state index in [1.807, 2.05) is 6.92 Å². The van der Waals surface area contributed by atoms with Gasteiger partial charge in [0.05, 0.1) is 25.3 Å². The molecule has 0 bridgehead atoms. The third kappa shape index (κ3) is 5.56. The summed E-state index contributed by atoms with van der Waals surface area (Å²) in [6.45, 7) is 2.29. The van der Waals surface area contributed by atoms with Crippen molar-refractivity contribution >= 4 is 45.7 Å². The lowest BCUT2D eigenvalue weighted by molar-refractivity contribution is -0.132. The second-order valence-electron chi connectivity index (χ2n) is 8.67. The monoisotopic (exact) mass is 577 g/mol. The topological polar surface area (TPSA) is 102 Å². The highest BCUT2D eigenvalue weighted by Crippen LogP contribution is 2.44. The predicted octanol–water partition coefficient (Wildman–Crippen LogP) is 6.00. The van der Waals surface area contributed by atoms with Crippen LogP contribution in [0.5, 0.6) is 11.5 Å². The van der Waals surface area contributed by atoms with E-state index in [-0.39, 0.29) is 22.3 Å². The molecule has 0 radical (unpaired) electrons. The molecule has 1 aromatic heterocycles. The summed E-state index contributed by atoms with van der Waals surface area (Å²) in [5.74, 6) is -0.634. The molecule has 1 aliphatic rings. The minimum absolute atomic E-state index is 0.0699. The fraction of sp³-hybridized carbons (Fsp3) is 0.172. The van der Waals surface area contributed by atoms with Crippen molar-refractivity contribution in [3.8, 4) is 11.5 Å². The van der Waals surface area contributed by atoms with Crippen LogP contribution < -0.4 is 14.4 Å². The number of rotatable bonds is 9. The van der Waals surface area contributed by atoms with Crippen LogP contribution in [0, 0.1) is 5.82 Å². The van der Waals surface area contributed by atoms with Crippen molar-refractivity contribution in [1.82, 2.24) is 10.2 Å². The summed E-state index contributed by atoms with van der Waals surface area (Å²) in [7, 11) is 1.53. The van der Waals surface area contributed by atoms with E-state index in [1.54, 1.807) is 60.7 Å². The average Bonchev–Trinajstić information content (AvgIpc) is 3.54. The van der Waals surface area contributed by atoms with Crippen LogP contribution in [0.25, 0.3) is 5.76 Å². The van der Waals surface area contributed by atoms with Gasteiger partial charge in [0, 0.05) is 11.3 Å². The number of ether oxygens (including phenoxy) is 2. The molecular formula is C29H24FN3O5S2. The summed E-state index contributed by atoms with van der Waals surface area (Å²) in [6, 6.07) is 18.8. The number of carbonyl (C=O) groups excluding carboxylic acids is 2. The third-order valence-corrected chi connectivity index (χ3v) is 8.30. The van der Waals surface area contributed by atoms with E-state index in [0.717, 1.165) is 16.9 Å². The summed E-state index contributed by atoms with van der Waals surface area (Å²) in [4.78, 5) is 28.1. The van der Waals surface area contributed by atoms with E-state index in [1.165, 1.54) is 35.9 Å². The molecule has 40 heavy (non-hydrogen) atoms. The molecule has 1 fully saturated rings. The van der Waals surface area contributed by atoms with Crippen LogP contribution in [-0.4, -0.2) is 40.7 Å². The highest BCUT2D eigenvalue weighted by molar-refractivity contribution is 8.00. The molecule has 1 unspecified atom stereocenters. The second kappa shape index (κ2) is 11.9. The molecule has 11 heteroatoms. The fourth-order valence-corrected chi connectivity index (χ4v) is 6.10. The Morgan fingerprint density at radius 1 is 1.05 bits per heavy atom. The van der Waals surface area contributed by atoms with Gasteiger partial charge in [-0.25, -0.2) is 4.39 Å². The highest BCUT2D eigenvalue weighted by atomic mass is 32.2. The number of methoxy groups -OCH3 is 1. The average molecular weight is 578 g/mol. The van der Waals surface area contributed by atoms with Crippen molar-refractivity contribution in [3.05, 3.63) is 101 Å². The van der Waals surface area contributed by atoms with E-state index in [2.05, 4.69) is 10.2 Å². The van der Waals surface area contributed by atoms with Crippen molar-refractivity contribution in [3.63, 3.8) is 0 Å². The van der Waals surface area contributed by atoms with Gasteiger partial charge in [0.2, 0.25) is 5.13 Å². The molecule has 1 N–H and O–H groups in total. The van der Waals surface area contributed by atoms with Crippen molar-refractivity contribution in [2.45, 2.75) is 23.1 Å². The van der Waals surface area contributed by atoms with Crippen LogP contribution in [0.2, 0.25) is 0 Å². The lowest BCUT2D eigenvalue weighted by Gasteiger charge is -2.23. The summed E-state index contributed by atoms with van der Waals surface area (Å²) in [5.41, 5.74) is 1.75. The number of hydrogen-bond donors (Lipinski definition) is 1. The van der Waals surface area contributed by atoms with Gasteiger partial charge in [0.15, 0.2) is 4.34 Å². The molecule has 4 aromatic rings. The maximum atomic E-state index is 13.4. The van der Waals surface area contributed by atoms with Crippen LogP contribution >= 0.6 is 23.1 Å². The number of hydrogen-bond acceptors (Lipinski definition) is 9. The van der Waals surface area contributed by atoms with Crippen LogP contribution in [0.15, 0.2) is 82.7 Å². The van der Waals surface area contributed by atoms with Crippen LogP contribution in [-0.2, 0) is 15.3 Å². The standard InChI is InChI=1S/C29H24FN3O5S2/c1-3-38-22-6-4-5-19(15-22)24-23(25(34)18-9-13-21(37-2)14-10-18)26(35)27(36)33(24)28-31-32-29(40-28)39-16-17-7-11-20(30)12-8-17/h4-15,24,34H,3,16H2,1-2H3. The maximum absolute atomic E-state index is 13.4. The number of benzene rings is 3. The summed E-state index contributed by atoms with van der Waals surface area (Å²) < 4.78 is 24.7. The Morgan fingerprint density at radius 3 is 2.50 bits per heavy atom. The first-order valence-electron chi connectivity index (χ1n) is 12.3. The van der Waals surface area contributed by atoms with Gasteiger partial charge >= 0.3 is 5.91 Å². The molecule has 5 rings (SSSR count). The molecule has 0 aliphatic carbocycles. The van der Waals surface area contributed by atoms with Gasteiger partial charge in [-0.1, -0.05) is 47.4 Å². The number of Topliss-reactive ketones (excluding diaryl/α,β-unsaturated/α-hetero) is 1. The number of amides is 1. The first-order valence-corrected chi connectivity index (χ1v) is 14.1. The maximum Gasteiger partial charge on any atom is 0.301 e. The molecule has 204 valence electrons. The SMILES string of the molecule is CCOc1cccc(C2C(=C(O)c3ccc(OC)cc3)C(=O)C(=O)N2c2nnc(SCc3ccc(F)cc3)s2)c1. The zero-order chi connectivity index (χ0) is 28.2. The van der Waals surface area contributed by atoms with Gasteiger partial charge in [-0.2, -0.15) is 0 Å². The van der Waals surface area contributed by atoms with E-state index >= 15 is 0 Å². The number of anilines is 1. The van der Waals surface area contributed by atoms with Crippen LogP contribution in [0.1, 0.15) is 29.7 Å². The van der Waals surface area contributed by atoms with Gasteiger partial charge in [0.1, 0.15) is 23.1 Å². The van der Waals surface area contributed by atoms with Gasteiger partial charge in [-0.05, 0) is 66.6 Å². The van der Waals surface area contributed by atoms with E-state index in [9.17, 15) is 19.1 Å². The molecule has 1 saturated heterocycles. The molecule has 2 heterocycles. The van der Waals surface area contributed by atoms with Crippen molar-refractivity contribution in [1.29, 1.82) is 0 Å². The lowest BCUT2D eigenvalue weighted by atomic mass is 9.95. The molecule has 1 amide bonds.